The Bertz CT molecular complexity index is 797. The van der Waals surface area contributed by atoms with Crippen LogP contribution in [0, 0.1) is 5.82 Å². The van der Waals surface area contributed by atoms with Gasteiger partial charge >= 0.3 is 0 Å². The van der Waals surface area contributed by atoms with E-state index in [0.29, 0.717) is 0 Å². The maximum atomic E-state index is 13.2. The van der Waals surface area contributed by atoms with E-state index in [2.05, 4.69) is 32.8 Å². The molecule has 1 N–H and O–H groups in total. The second kappa shape index (κ2) is 9.29. The van der Waals surface area contributed by atoms with Crippen LogP contribution in [0.15, 0.2) is 35.5 Å². The monoisotopic (exact) mass is 398 g/mol. The molecule has 0 bridgehead atoms. The quantitative estimate of drug-likeness (QED) is 0.622. The van der Waals surface area contributed by atoms with Gasteiger partial charge in [0.2, 0.25) is 0 Å². The number of aryl methyl sites for hydroxylation is 2. The van der Waals surface area contributed by atoms with Crippen molar-refractivity contribution in [1.82, 2.24) is 19.8 Å². The lowest BCUT2D eigenvalue weighted by Gasteiger charge is -2.37. The molecule has 0 radical (unpaired) electrons. The number of anilines is 1. The predicted molar refractivity (Wildman–Crippen MR) is 115 cm³/mol. The van der Waals surface area contributed by atoms with Crippen LogP contribution in [0.25, 0.3) is 0 Å². The van der Waals surface area contributed by atoms with E-state index in [1.165, 1.54) is 30.8 Å². The molecule has 0 saturated carbocycles. The Labute approximate surface area is 172 Å². The van der Waals surface area contributed by atoms with Crippen LogP contribution in [0.1, 0.15) is 31.3 Å². The highest BCUT2D eigenvalue weighted by Crippen LogP contribution is 2.17. The molecule has 1 fully saturated rings. The van der Waals surface area contributed by atoms with Gasteiger partial charge < -0.3 is 19.7 Å². The van der Waals surface area contributed by atoms with Crippen LogP contribution in [-0.2, 0) is 19.4 Å². The Kier molecular flexibility index (Phi) is 6.32. The summed E-state index contributed by atoms with van der Waals surface area (Å²) in [7, 11) is 0. The second-order valence-corrected chi connectivity index (χ2v) is 7.74. The van der Waals surface area contributed by atoms with Gasteiger partial charge in [0.1, 0.15) is 11.6 Å². The van der Waals surface area contributed by atoms with E-state index in [9.17, 15) is 4.39 Å². The van der Waals surface area contributed by atoms with E-state index in [-0.39, 0.29) is 5.82 Å². The van der Waals surface area contributed by atoms with Crippen LogP contribution < -0.4 is 10.2 Å². The lowest BCUT2D eigenvalue weighted by molar-refractivity contribution is 0.372. The van der Waals surface area contributed by atoms with Crippen molar-refractivity contribution in [1.29, 1.82) is 0 Å². The molecular formula is C22H31FN6. The fourth-order valence-corrected chi connectivity index (χ4v) is 4.12. The number of nitrogens with one attached hydrogen (secondary N) is 1. The van der Waals surface area contributed by atoms with Gasteiger partial charge in [-0.15, -0.1) is 0 Å². The van der Waals surface area contributed by atoms with Crippen LogP contribution in [0.4, 0.5) is 10.1 Å². The van der Waals surface area contributed by atoms with Gasteiger partial charge in [0.15, 0.2) is 5.96 Å². The van der Waals surface area contributed by atoms with Crippen molar-refractivity contribution in [3.05, 3.63) is 47.8 Å². The molecule has 29 heavy (non-hydrogen) atoms. The Morgan fingerprint density at radius 2 is 1.90 bits per heavy atom. The van der Waals surface area contributed by atoms with Crippen molar-refractivity contribution in [3.8, 4) is 0 Å². The Hall–Kier alpha value is -2.57. The van der Waals surface area contributed by atoms with Gasteiger partial charge in [0.25, 0.3) is 0 Å². The molecule has 2 aromatic rings. The summed E-state index contributed by atoms with van der Waals surface area (Å²) in [6.45, 7) is 8.44. The highest BCUT2D eigenvalue weighted by molar-refractivity contribution is 5.80. The molecule has 1 aromatic heterocycles. The first-order valence-electron chi connectivity index (χ1n) is 10.8. The fourth-order valence-electron chi connectivity index (χ4n) is 4.12. The Morgan fingerprint density at radius 3 is 2.62 bits per heavy atom. The minimum Gasteiger partial charge on any atom is -0.368 e. The molecule has 3 heterocycles. The maximum Gasteiger partial charge on any atom is 0.194 e. The average molecular weight is 399 g/mol. The summed E-state index contributed by atoms with van der Waals surface area (Å²) in [6, 6.07) is 6.77. The number of fused-ring (bicyclic) bond motifs is 1. The molecule has 0 aliphatic carbocycles. The van der Waals surface area contributed by atoms with Gasteiger partial charge in [-0.2, -0.15) is 0 Å². The first-order chi connectivity index (χ1) is 14.2. The summed E-state index contributed by atoms with van der Waals surface area (Å²) in [5.41, 5.74) is 2.24. The zero-order chi connectivity index (χ0) is 20.1. The third kappa shape index (κ3) is 4.89. The largest absolute Gasteiger partial charge is 0.368 e. The molecule has 1 aromatic carbocycles. The van der Waals surface area contributed by atoms with Crippen molar-refractivity contribution in [3.63, 3.8) is 0 Å². The van der Waals surface area contributed by atoms with Crippen molar-refractivity contribution in [2.75, 3.05) is 44.2 Å². The lowest BCUT2D eigenvalue weighted by Crippen LogP contribution is -2.52. The summed E-state index contributed by atoms with van der Waals surface area (Å²) in [5.74, 6) is 2.03. The highest BCUT2D eigenvalue weighted by atomic mass is 19.1. The van der Waals surface area contributed by atoms with Gasteiger partial charge in [-0.25, -0.2) is 9.37 Å². The average Bonchev–Trinajstić information content (AvgIpc) is 3.17. The predicted octanol–water partition coefficient (Wildman–Crippen LogP) is 2.69. The Morgan fingerprint density at radius 1 is 1.10 bits per heavy atom. The van der Waals surface area contributed by atoms with Crippen LogP contribution in [0.5, 0.6) is 0 Å². The number of halogens is 1. The number of guanidine groups is 1. The van der Waals surface area contributed by atoms with Crippen LogP contribution in [0.3, 0.4) is 0 Å². The standard InChI is InChI=1S/C22H31FN6/c1-2-24-22(25-11-10-19-17-29-12-4-3-5-21(29)26-19)28-15-13-27(14-16-28)20-8-6-18(23)7-9-20/h6-9,17H,2-5,10-16H2,1H3,(H,24,25). The lowest BCUT2D eigenvalue weighted by atomic mass is 10.2. The molecule has 2 aliphatic rings. The zero-order valence-corrected chi connectivity index (χ0v) is 17.3. The van der Waals surface area contributed by atoms with Crippen molar-refractivity contribution >= 4 is 11.6 Å². The molecule has 2 aliphatic heterocycles. The number of aliphatic imine (C=N–C) groups is 1. The third-order valence-corrected chi connectivity index (χ3v) is 5.69. The first kappa shape index (κ1) is 19.7. The number of hydrogen-bond acceptors (Lipinski definition) is 3. The van der Waals surface area contributed by atoms with Gasteiger partial charge in [-0.3, -0.25) is 4.99 Å². The molecule has 0 unspecified atom stereocenters. The molecule has 156 valence electrons. The molecular weight excluding hydrogens is 367 g/mol. The molecule has 0 spiro atoms. The molecule has 7 heteroatoms. The second-order valence-electron chi connectivity index (χ2n) is 7.74. The highest BCUT2D eigenvalue weighted by Gasteiger charge is 2.20. The normalized spacial score (nSPS) is 17.4. The summed E-state index contributed by atoms with van der Waals surface area (Å²) in [5, 5.41) is 3.43. The molecule has 6 nitrogen and oxygen atoms in total. The van der Waals surface area contributed by atoms with Crippen molar-refractivity contribution in [2.45, 2.75) is 39.2 Å². The fraction of sp³-hybridized carbons (Fsp3) is 0.545. The number of aromatic nitrogens is 2. The number of piperazine rings is 1. The molecule has 0 atom stereocenters. The summed E-state index contributed by atoms with van der Waals surface area (Å²) in [4.78, 5) is 14.3. The summed E-state index contributed by atoms with van der Waals surface area (Å²) >= 11 is 0. The van der Waals surface area contributed by atoms with Gasteiger partial charge in [0.05, 0.1) is 5.69 Å². The number of imidazole rings is 1. The van der Waals surface area contributed by atoms with E-state index in [1.807, 2.05) is 12.1 Å². The number of hydrogen-bond donors (Lipinski definition) is 1. The van der Waals surface area contributed by atoms with Gasteiger partial charge in [-0.1, -0.05) is 0 Å². The maximum absolute atomic E-state index is 13.2. The van der Waals surface area contributed by atoms with Crippen LogP contribution >= 0.6 is 0 Å². The van der Waals surface area contributed by atoms with Gasteiger partial charge in [0, 0.05) is 70.5 Å². The minimum atomic E-state index is -0.187. The third-order valence-electron chi connectivity index (χ3n) is 5.69. The zero-order valence-electron chi connectivity index (χ0n) is 17.3. The van der Waals surface area contributed by atoms with E-state index >= 15 is 0 Å². The molecule has 4 rings (SSSR count). The van der Waals surface area contributed by atoms with Crippen LogP contribution in [0.2, 0.25) is 0 Å². The topological polar surface area (TPSA) is 48.7 Å². The van der Waals surface area contributed by atoms with E-state index in [4.69, 9.17) is 9.98 Å². The van der Waals surface area contributed by atoms with Crippen molar-refractivity contribution < 1.29 is 4.39 Å². The van der Waals surface area contributed by atoms with E-state index in [0.717, 1.165) is 76.0 Å². The smallest absolute Gasteiger partial charge is 0.194 e. The first-order valence-corrected chi connectivity index (χ1v) is 10.8. The van der Waals surface area contributed by atoms with Crippen molar-refractivity contribution in [2.24, 2.45) is 4.99 Å². The summed E-state index contributed by atoms with van der Waals surface area (Å²) < 4.78 is 15.5. The molecule has 0 amide bonds. The SMILES string of the molecule is CCNC(=NCCc1cn2c(n1)CCCC2)N1CCN(c2ccc(F)cc2)CC1. The number of nitrogens with zero attached hydrogens (tertiary/aromatic N) is 5. The number of benzene rings is 1. The summed E-state index contributed by atoms with van der Waals surface area (Å²) in [6.07, 6.45) is 6.70. The van der Waals surface area contributed by atoms with Crippen LogP contribution in [-0.4, -0.2) is 59.7 Å². The van der Waals surface area contributed by atoms with E-state index < -0.39 is 0 Å². The Balaban J connectivity index is 1.32. The number of rotatable bonds is 5. The minimum absolute atomic E-state index is 0.187. The van der Waals surface area contributed by atoms with Gasteiger partial charge in [-0.05, 0) is 44.0 Å². The van der Waals surface area contributed by atoms with E-state index in [1.54, 1.807) is 0 Å². The molecule has 1 saturated heterocycles.